The molecule has 0 aliphatic rings. The highest BCUT2D eigenvalue weighted by molar-refractivity contribution is 5.70. The molecule has 0 aliphatic heterocycles. The van der Waals surface area contributed by atoms with Crippen molar-refractivity contribution in [2.75, 3.05) is 0 Å². The lowest BCUT2D eigenvalue weighted by Crippen LogP contribution is -1.82. The molecule has 14 heavy (non-hydrogen) atoms. The van der Waals surface area contributed by atoms with Crippen molar-refractivity contribution in [2.45, 2.75) is 0 Å². The standard InChI is InChI=1S/C13H11O/c1-10-12(8-5-9-13(10)14)11-6-3-2-4-7-11/h2-9,14H,1H2. The normalized spacial score (nSPS) is 10.1. The third-order valence-electron chi connectivity index (χ3n) is 2.24. The predicted molar refractivity (Wildman–Crippen MR) is 58.0 cm³/mol. The Balaban J connectivity index is 2.58. The molecule has 0 aromatic heterocycles. The molecule has 0 atom stereocenters. The van der Waals surface area contributed by atoms with E-state index in [1.807, 2.05) is 42.5 Å². The van der Waals surface area contributed by atoms with Crippen molar-refractivity contribution in [1.29, 1.82) is 0 Å². The molecule has 0 saturated heterocycles. The monoisotopic (exact) mass is 183 g/mol. The summed E-state index contributed by atoms with van der Waals surface area (Å²) in [5.74, 6) is 0.242. The molecule has 0 bridgehead atoms. The first-order chi connectivity index (χ1) is 6.79. The van der Waals surface area contributed by atoms with Crippen molar-refractivity contribution in [3.05, 3.63) is 61.0 Å². The van der Waals surface area contributed by atoms with Crippen LogP contribution in [0.1, 0.15) is 5.56 Å². The second kappa shape index (κ2) is 3.54. The second-order valence-electron chi connectivity index (χ2n) is 3.17. The van der Waals surface area contributed by atoms with Crippen LogP contribution in [-0.2, 0) is 0 Å². The number of hydrogen-bond acceptors (Lipinski definition) is 1. The third kappa shape index (κ3) is 1.49. The van der Waals surface area contributed by atoms with Crippen molar-refractivity contribution in [3.8, 4) is 16.9 Å². The molecule has 2 aromatic rings. The molecule has 0 spiro atoms. The molecule has 1 radical (unpaired) electrons. The lowest BCUT2D eigenvalue weighted by molar-refractivity contribution is 0.473. The summed E-state index contributed by atoms with van der Waals surface area (Å²) in [5, 5.41) is 9.50. The van der Waals surface area contributed by atoms with Crippen LogP contribution in [0, 0.1) is 6.92 Å². The van der Waals surface area contributed by atoms with Crippen LogP contribution in [0.15, 0.2) is 48.5 Å². The van der Waals surface area contributed by atoms with Crippen LogP contribution >= 0.6 is 0 Å². The Bertz CT molecular complexity index is 432. The maximum absolute atomic E-state index is 9.50. The van der Waals surface area contributed by atoms with Crippen molar-refractivity contribution in [1.82, 2.24) is 0 Å². The lowest BCUT2D eigenvalue weighted by atomic mass is 10.0. The fourth-order valence-corrected chi connectivity index (χ4v) is 1.46. The van der Waals surface area contributed by atoms with E-state index in [-0.39, 0.29) is 5.75 Å². The van der Waals surface area contributed by atoms with Gasteiger partial charge in [0.1, 0.15) is 5.75 Å². The zero-order chi connectivity index (χ0) is 9.97. The van der Waals surface area contributed by atoms with E-state index < -0.39 is 0 Å². The van der Waals surface area contributed by atoms with Crippen molar-refractivity contribution >= 4 is 0 Å². The Morgan fingerprint density at radius 1 is 0.857 bits per heavy atom. The summed E-state index contributed by atoms with van der Waals surface area (Å²) in [6.45, 7) is 3.85. The molecule has 2 rings (SSSR count). The Kier molecular flexibility index (Phi) is 2.23. The Morgan fingerprint density at radius 2 is 1.57 bits per heavy atom. The third-order valence-corrected chi connectivity index (χ3v) is 2.24. The number of hydrogen-bond donors (Lipinski definition) is 1. The first kappa shape index (κ1) is 8.82. The largest absolute Gasteiger partial charge is 0.508 e. The SMILES string of the molecule is [CH2]c1c(O)cccc1-c1ccccc1. The Morgan fingerprint density at radius 3 is 2.29 bits per heavy atom. The quantitative estimate of drug-likeness (QED) is 0.719. The van der Waals surface area contributed by atoms with E-state index in [1.54, 1.807) is 6.07 Å². The fraction of sp³-hybridized carbons (Fsp3) is 0. The summed E-state index contributed by atoms with van der Waals surface area (Å²) in [6, 6.07) is 15.3. The Labute approximate surface area is 83.6 Å². The van der Waals surface area contributed by atoms with Gasteiger partial charge in [0.15, 0.2) is 0 Å². The van der Waals surface area contributed by atoms with Gasteiger partial charge in [-0.2, -0.15) is 0 Å². The van der Waals surface area contributed by atoms with Gasteiger partial charge < -0.3 is 5.11 Å². The van der Waals surface area contributed by atoms with Crippen LogP contribution in [0.5, 0.6) is 5.75 Å². The van der Waals surface area contributed by atoms with Crippen LogP contribution in [-0.4, -0.2) is 5.11 Å². The van der Waals surface area contributed by atoms with E-state index >= 15 is 0 Å². The summed E-state index contributed by atoms with van der Waals surface area (Å²) < 4.78 is 0. The highest BCUT2D eigenvalue weighted by Crippen LogP contribution is 2.28. The van der Waals surface area contributed by atoms with Gasteiger partial charge in [-0.25, -0.2) is 0 Å². The highest BCUT2D eigenvalue weighted by atomic mass is 16.3. The fourth-order valence-electron chi connectivity index (χ4n) is 1.46. The molecule has 69 valence electrons. The van der Waals surface area contributed by atoms with Crippen LogP contribution in [0.3, 0.4) is 0 Å². The molecule has 0 fully saturated rings. The number of phenols is 1. The van der Waals surface area contributed by atoms with E-state index in [0.29, 0.717) is 5.56 Å². The van der Waals surface area contributed by atoms with E-state index in [1.165, 1.54) is 0 Å². The predicted octanol–water partition coefficient (Wildman–Crippen LogP) is 3.24. The zero-order valence-corrected chi connectivity index (χ0v) is 7.77. The second-order valence-corrected chi connectivity index (χ2v) is 3.17. The van der Waals surface area contributed by atoms with Gasteiger partial charge in [-0.15, -0.1) is 0 Å². The van der Waals surface area contributed by atoms with Gasteiger partial charge in [-0.3, -0.25) is 0 Å². The van der Waals surface area contributed by atoms with Crippen LogP contribution in [0.2, 0.25) is 0 Å². The topological polar surface area (TPSA) is 20.2 Å². The average Bonchev–Trinajstić information content (AvgIpc) is 2.23. The van der Waals surface area contributed by atoms with Crippen molar-refractivity contribution in [3.63, 3.8) is 0 Å². The van der Waals surface area contributed by atoms with E-state index in [9.17, 15) is 5.11 Å². The van der Waals surface area contributed by atoms with Crippen LogP contribution in [0.4, 0.5) is 0 Å². The van der Waals surface area contributed by atoms with Gasteiger partial charge in [0.25, 0.3) is 0 Å². The van der Waals surface area contributed by atoms with Crippen molar-refractivity contribution in [2.24, 2.45) is 0 Å². The van der Waals surface area contributed by atoms with E-state index in [2.05, 4.69) is 6.92 Å². The molecule has 2 aromatic carbocycles. The minimum Gasteiger partial charge on any atom is -0.508 e. The van der Waals surface area contributed by atoms with Crippen LogP contribution in [0.25, 0.3) is 11.1 Å². The average molecular weight is 183 g/mol. The summed E-state index contributed by atoms with van der Waals surface area (Å²) in [7, 11) is 0. The number of rotatable bonds is 1. The maximum Gasteiger partial charge on any atom is 0.119 e. The number of phenolic OH excluding ortho intramolecular Hbond substituents is 1. The molecular weight excluding hydrogens is 172 g/mol. The molecule has 1 N–H and O–H groups in total. The lowest BCUT2D eigenvalue weighted by Gasteiger charge is -2.06. The minimum atomic E-state index is 0.242. The van der Waals surface area contributed by atoms with E-state index in [0.717, 1.165) is 11.1 Å². The highest BCUT2D eigenvalue weighted by Gasteiger charge is 2.03. The molecule has 0 amide bonds. The minimum absolute atomic E-state index is 0.242. The summed E-state index contributed by atoms with van der Waals surface area (Å²) >= 11 is 0. The summed E-state index contributed by atoms with van der Waals surface area (Å²) in [6.07, 6.45) is 0. The molecule has 0 unspecified atom stereocenters. The first-order valence-electron chi connectivity index (χ1n) is 4.48. The first-order valence-corrected chi connectivity index (χ1v) is 4.48. The molecular formula is C13H11O. The maximum atomic E-state index is 9.50. The zero-order valence-electron chi connectivity index (χ0n) is 7.77. The van der Waals surface area contributed by atoms with Gasteiger partial charge in [0.05, 0.1) is 0 Å². The molecule has 1 nitrogen and oxygen atoms in total. The molecule has 0 saturated carbocycles. The van der Waals surface area contributed by atoms with Gasteiger partial charge in [0.2, 0.25) is 0 Å². The number of benzene rings is 2. The summed E-state index contributed by atoms with van der Waals surface area (Å²) in [5.41, 5.74) is 2.73. The molecule has 1 heteroatoms. The molecule has 0 aliphatic carbocycles. The van der Waals surface area contributed by atoms with E-state index in [4.69, 9.17) is 0 Å². The van der Waals surface area contributed by atoms with Gasteiger partial charge >= 0.3 is 0 Å². The van der Waals surface area contributed by atoms with Gasteiger partial charge in [-0.1, -0.05) is 42.5 Å². The summed E-state index contributed by atoms with van der Waals surface area (Å²) in [4.78, 5) is 0. The van der Waals surface area contributed by atoms with Crippen LogP contribution < -0.4 is 0 Å². The smallest absolute Gasteiger partial charge is 0.119 e. The van der Waals surface area contributed by atoms with Gasteiger partial charge in [-0.05, 0) is 24.1 Å². The van der Waals surface area contributed by atoms with Gasteiger partial charge in [0, 0.05) is 5.56 Å². The Hall–Kier alpha value is -1.76. The number of aromatic hydroxyl groups is 1. The van der Waals surface area contributed by atoms with Crippen molar-refractivity contribution < 1.29 is 5.11 Å². The molecule has 0 heterocycles.